The van der Waals surface area contributed by atoms with Crippen molar-refractivity contribution in [2.45, 2.75) is 6.92 Å². The third-order valence-electron chi connectivity index (χ3n) is 4.36. The highest BCUT2D eigenvalue weighted by Crippen LogP contribution is 2.35. The van der Waals surface area contributed by atoms with Crippen LogP contribution in [0.1, 0.15) is 5.69 Å². The normalized spacial score (nSPS) is 11.5. The molecule has 0 aliphatic rings. The number of hydrogen-bond acceptors (Lipinski definition) is 5. The highest BCUT2D eigenvalue weighted by atomic mass is 35.5. The van der Waals surface area contributed by atoms with Crippen LogP contribution in [0.5, 0.6) is 0 Å². The number of thiazole rings is 1. The number of H-pyrrole nitrogens is 1. The number of aromatic amines is 1. The summed E-state index contributed by atoms with van der Waals surface area (Å²) in [5.41, 5.74) is 5.47. The SMILES string of the molecule is Cc1ccn(-c2nc3[nH]ccc(=O)c3cc2-c2cc(Cl)c3ncsc3c2)n1. The van der Waals surface area contributed by atoms with Crippen LogP contribution in [0.3, 0.4) is 0 Å². The molecule has 1 N–H and O–H groups in total. The molecule has 0 atom stereocenters. The van der Waals surface area contributed by atoms with Crippen molar-refractivity contribution >= 4 is 44.2 Å². The summed E-state index contributed by atoms with van der Waals surface area (Å²) in [6, 6.07) is 9.10. The first-order chi connectivity index (χ1) is 13.1. The molecule has 0 bridgehead atoms. The Hall–Kier alpha value is -3.03. The van der Waals surface area contributed by atoms with E-state index in [1.807, 2.05) is 37.4 Å². The molecule has 0 aliphatic heterocycles. The molecule has 4 aromatic heterocycles. The van der Waals surface area contributed by atoms with Gasteiger partial charge in [-0.3, -0.25) is 4.79 Å². The van der Waals surface area contributed by atoms with Crippen LogP contribution < -0.4 is 5.43 Å². The molecule has 5 aromatic rings. The minimum Gasteiger partial charge on any atom is -0.346 e. The average molecular weight is 394 g/mol. The fourth-order valence-corrected chi connectivity index (χ4v) is 4.15. The van der Waals surface area contributed by atoms with Crippen LogP contribution in [0, 0.1) is 6.92 Å². The lowest BCUT2D eigenvalue weighted by molar-refractivity contribution is 0.838. The van der Waals surface area contributed by atoms with Gasteiger partial charge in [0.2, 0.25) is 0 Å². The quantitative estimate of drug-likeness (QED) is 0.483. The number of pyridine rings is 2. The number of rotatable bonds is 2. The van der Waals surface area contributed by atoms with Crippen LogP contribution in [0.4, 0.5) is 0 Å². The van der Waals surface area contributed by atoms with Gasteiger partial charge in [0.15, 0.2) is 11.2 Å². The van der Waals surface area contributed by atoms with Crippen LogP contribution in [0.15, 0.2) is 53.0 Å². The molecule has 132 valence electrons. The van der Waals surface area contributed by atoms with Gasteiger partial charge in [-0.2, -0.15) is 5.10 Å². The molecule has 0 spiro atoms. The Morgan fingerprint density at radius 1 is 1.22 bits per heavy atom. The average Bonchev–Trinajstić information content (AvgIpc) is 3.30. The number of nitrogens with one attached hydrogen (secondary N) is 1. The van der Waals surface area contributed by atoms with E-state index >= 15 is 0 Å². The number of fused-ring (bicyclic) bond motifs is 2. The van der Waals surface area contributed by atoms with Crippen LogP contribution in [0.2, 0.25) is 5.02 Å². The summed E-state index contributed by atoms with van der Waals surface area (Å²) in [4.78, 5) is 24.4. The van der Waals surface area contributed by atoms with Gasteiger partial charge in [0, 0.05) is 24.0 Å². The van der Waals surface area contributed by atoms with Gasteiger partial charge in [-0.25, -0.2) is 14.6 Å². The zero-order valence-electron chi connectivity index (χ0n) is 14.1. The van der Waals surface area contributed by atoms with Gasteiger partial charge >= 0.3 is 0 Å². The molecule has 0 saturated carbocycles. The zero-order valence-corrected chi connectivity index (χ0v) is 15.7. The molecular formula is C19H12ClN5OS. The maximum absolute atomic E-state index is 12.3. The summed E-state index contributed by atoms with van der Waals surface area (Å²) in [6.45, 7) is 1.92. The number of aryl methyl sites for hydroxylation is 1. The van der Waals surface area contributed by atoms with Crippen LogP contribution in [-0.4, -0.2) is 24.7 Å². The summed E-state index contributed by atoms with van der Waals surface area (Å²) < 4.78 is 2.68. The summed E-state index contributed by atoms with van der Waals surface area (Å²) in [5, 5.41) is 5.57. The number of hydrogen-bond donors (Lipinski definition) is 1. The summed E-state index contributed by atoms with van der Waals surface area (Å²) in [6.07, 6.45) is 3.44. The van der Waals surface area contributed by atoms with Crippen LogP contribution in [-0.2, 0) is 0 Å². The monoisotopic (exact) mass is 393 g/mol. The van der Waals surface area contributed by atoms with E-state index in [1.54, 1.807) is 16.4 Å². The topological polar surface area (TPSA) is 76.5 Å². The molecule has 27 heavy (non-hydrogen) atoms. The molecule has 0 aliphatic carbocycles. The molecule has 5 rings (SSSR count). The Morgan fingerprint density at radius 2 is 2.11 bits per heavy atom. The van der Waals surface area contributed by atoms with E-state index in [1.165, 1.54) is 17.4 Å². The van der Waals surface area contributed by atoms with Crippen molar-refractivity contribution in [2.75, 3.05) is 0 Å². The predicted octanol–water partition coefficient (Wildman–Crippen LogP) is 4.35. The molecule has 4 heterocycles. The van der Waals surface area contributed by atoms with Crippen molar-refractivity contribution in [1.29, 1.82) is 0 Å². The van der Waals surface area contributed by atoms with E-state index in [0.29, 0.717) is 21.9 Å². The van der Waals surface area contributed by atoms with E-state index in [-0.39, 0.29) is 5.43 Å². The smallest absolute Gasteiger partial charge is 0.191 e. The Labute approximate surface area is 162 Å². The molecule has 6 nitrogen and oxygen atoms in total. The first-order valence-electron chi connectivity index (χ1n) is 8.18. The summed E-state index contributed by atoms with van der Waals surface area (Å²) >= 11 is 7.96. The zero-order chi connectivity index (χ0) is 18.5. The van der Waals surface area contributed by atoms with Crippen molar-refractivity contribution in [1.82, 2.24) is 24.7 Å². The van der Waals surface area contributed by atoms with Gasteiger partial charge in [-0.05, 0) is 36.8 Å². The standard InChI is InChI=1S/C19H12ClN5OS/c1-10-3-5-25(24-10)19-12(8-13-15(26)2-4-21-18(13)23-19)11-6-14(20)17-16(7-11)27-9-22-17/h2-9H,1H3,(H,21,23,26). The molecule has 0 amide bonds. The molecule has 1 aromatic carbocycles. The Kier molecular flexibility index (Phi) is 3.60. The number of halogens is 1. The summed E-state index contributed by atoms with van der Waals surface area (Å²) in [5.74, 6) is 0.623. The van der Waals surface area contributed by atoms with Gasteiger partial charge in [0.1, 0.15) is 5.65 Å². The van der Waals surface area contributed by atoms with E-state index < -0.39 is 0 Å². The fourth-order valence-electron chi connectivity index (χ4n) is 3.09. The van der Waals surface area contributed by atoms with E-state index in [0.717, 1.165) is 27.0 Å². The molecule has 0 radical (unpaired) electrons. The second-order valence-corrected chi connectivity index (χ2v) is 7.45. The van der Waals surface area contributed by atoms with Gasteiger partial charge in [-0.1, -0.05) is 11.6 Å². The van der Waals surface area contributed by atoms with E-state index in [4.69, 9.17) is 11.6 Å². The lowest BCUT2D eigenvalue weighted by Gasteiger charge is -2.11. The lowest BCUT2D eigenvalue weighted by atomic mass is 10.0. The second kappa shape index (κ2) is 6.00. The molecule has 0 unspecified atom stereocenters. The second-order valence-electron chi connectivity index (χ2n) is 6.16. The van der Waals surface area contributed by atoms with Crippen LogP contribution >= 0.6 is 22.9 Å². The number of nitrogens with zero attached hydrogens (tertiary/aromatic N) is 4. The van der Waals surface area contributed by atoms with Crippen molar-refractivity contribution in [3.63, 3.8) is 0 Å². The third-order valence-corrected chi connectivity index (χ3v) is 5.43. The van der Waals surface area contributed by atoms with Crippen molar-refractivity contribution < 1.29 is 0 Å². The first-order valence-corrected chi connectivity index (χ1v) is 9.44. The fraction of sp³-hybridized carbons (Fsp3) is 0.0526. The van der Waals surface area contributed by atoms with E-state index in [2.05, 4.69) is 20.1 Å². The minimum absolute atomic E-state index is 0.0920. The number of benzene rings is 1. The number of aromatic nitrogens is 5. The maximum Gasteiger partial charge on any atom is 0.191 e. The van der Waals surface area contributed by atoms with Crippen molar-refractivity contribution in [3.05, 3.63) is 69.2 Å². The first kappa shape index (κ1) is 16.2. The van der Waals surface area contributed by atoms with Crippen LogP contribution in [0.25, 0.3) is 38.2 Å². The largest absolute Gasteiger partial charge is 0.346 e. The van der Waals surface area contributed by atoms with Gasteiger partial charge < -0.3 is 4.98 Å². The Morgan fingerprint density at radius 3 is 2.93 bits per heavy atom. The Balaban J connectivity index is 1.88. The van der Waals surface area contributed by atoms with Gasteiger partial charge in [-0.15, -0.1) is 11.3 Å². The summed E-state index contributed by atoms with van der Waals surface area (Å²) in [7, 11) is 0. The van der Waals surface area contributed by atoms with Gasteiger partial charge in [0.05, 0.1) is 31.8 Å². The van der Waals surface area contributed by atoms with E-state index in [9.17, 15) is 4.79 Å². The molecular weight excluding hydrogens is 382 g/mol. The van der Waals surface area contributed by atoms with Gasteiger partial charge in [0.25, 0.3) is 0 Å². The predicted molar refractivity (Wildman–Crippen MR) is 108 cm³/mol. The third kappa shape index (κ3) is 2.63. The Bertz CT molecular complexity index is 1380. The van der Waals surface area contributed by atoms with Crippen molar-refractivity contribution in [3.8, 4) is 16.9 Å². The minimum atomic E-state index is -0.0920. The molecule has 0 saturated heterocycles. The van der Waals surface area contributed by atoms with Crippen molar-refractivity contribution in [2.24, 2.45) is 0 Å². The highest BCUT2D eigenvalue weighted by molar-refractivity contribution is 7.16. The maximum atomic E-state index is 12.3. The molecule has 0 fully saturated rings. The lowest BCUT2D eigenvalue weighted by Crippen LogP contribution is -2.07. The molecule has 8 heteroatoms. The highest BCUT2D eigenvalue weighted by Gasteiger charge is 2.16.